The zero-order valence-corrected chi connectivity index (χ0v) is 26.5. The molecule has 3 heteroatoms. The fourth-order valence-corrected chi connectivity index (χ4v) is 8.44. The number of rotatable bonds is 4. The van der Waals surface area contributed by atoms with E-state index in [1.807, 2.05) is 23.5 Å². The Morgan fingerprint density at radius 2 is 1.09 bits per heavy atom. The molecule has 2 nitrogen and oxygen atoms in total. The molecule has 1 aliphatic carbocycles. The van der Waals surface area contributed by atoms with Crippen molar-refractivity contribution in [1.29, 1.82) is 0 Å². The third-order valence-electron chi connectivity index (χ3n) is 9.53. The van der Waals surface area contributed by atoms with Gasteiger partial charge in [0.15, 0.2) is 5.82 Å². The number of nitrogens with zero attached hydrogens (tertiary/aromatic N) is 2. The zero-order valence-electron chi connectivity index (χ0n) is 25.7. The number of hydrogen-bond acceptors (Lipinski definition) is 3. The van der Waals surface area contributed by atoms with Crippen molar-refractivity contribution in [3.8, 4) is 56.2 Å². The monoisotopic (exact) mass is 606 g/mol. The Morgan fingerprint density at radius 3 is 1.83 bits per heavy atom. The summed E-state index contributed by atoms with van der Waals surface area (Å²) >= 11 is 1.83. The Labute approximate surface area is 272 Å². The van der Waals surface area contributed by atoms with Crippen LogP contribution >= 0.6 is 11.3 Å². The molecule has 0 saturated heterocycles. The predicted octanol–water partition coefficient (Wildman–Crippen LogP) is 11.8. The van der Waals surface area contributed by atoms with Gasteiger partial charge in [0.05, 0.1) is 11.4 Å². The standard InChI is InChI=1S/C43H30N2S/c1-43(2)35-19-11-9-17-31(35)32-22-21-29(25-36(32)43)30-23-24-34-33-18-10-12-20-39(33)46-41(34)40(30)42-44-37(27-13-5-3-6-14-27)26-38(45-42)28-15-7-4-8-16-28/h3-26H,1-2H3. The van der Waals surface area contributed by atoms with E-state index in [1.165, 1.54) is 48.0 Å². The molecule has 0 saturated carbocycles. The molecule has 0 atom stereocenters. The van der Waals surface area contributed by atoms with E-state index in [2.05, 4.69) is 147 Å². The van der Waals surface area contributed by atoms with Crippen molar-refractivity contribution in [2.24, 2.45) is 0 Å². The maximum atomic E-state index is 5.33. The summed E-state index contributed by atoms with van der Waals surface area (Å²) in [5.41, 5.74) is 12.7. The van der Waals surface area contributed by atoms with Crippen LogP contribution in [0, 0.1) is 0 Å². The van der Waals surface area contributed by atoms with Crippen LogP contribution in [0.25, 0.3) is 76.3 Å². The minimum Gasteiger partial charge on any atom is -0.228 e. The van der Waals surface area contributed by atoms with E-state index in [9.17, 15) is 0 Å². The van der Waals surface area contributed by atoms with Gasteiger partial charge >= 0.3 is 0 Å². The van der Waals surface area contributed by atoms with Crippen molar-refractivity contribution < 1.29 is 0 Å². The van der Waals surface area contributed by atoms with E-state index in [4.69, 9.17) is 9.97 Å². The molecule has 1 aliphatic rings. The zero-order chi connectivity index (χ0) is 30.8. The van der Waals surface area contributed by atoms with Crippen molar-refractivity contribution in [1.82, 2.24) is 9.97 Å². The van der Waals surface area contributed by atoms with Gasteiger partial charge in [-0.05, 0) is 51.6 Å². The largest absolute Gasteiger partial charge is 0.228 e. The predicted molar refractivity (Wildman–Crippen MR) is 194 cm³/mol. The van der Waals surface area contributed by atoms with Crippen LogP contribution in [0.3, 0.4) is 0 Å². The molecule has 0 N–H and O–H groups in total. The molecule has 2 heterocycles. The van der Waals surface area contributed by atoms with Crippen molar-refractivity contribution in [2.45, 2.75) is 19.3 Å². The Morgan fingerprint density at radius 1 is 0.478 bits per heavy atom. The maximum Gasteiger partial charge on any atom is 0.162 e. The molecule has 0 radical (unpaired) electrons. The second kappa shape index (κ2) is 10.3. The van der Waals surface area contributed by atoms with E-state index in [-0.39, 0.29) is 5.41 Å². The van der Waals surface area contributed by atoms with Gasteiger partial charge in [-0.1, -0.05) is 141 Å². The Hall–Kier alpha value is -5.38. The molecule has 0 aliphatic heterocycles. The first-order valence-electron chi connectivity index (χ1n) is 15.8. The molecule has 8 aromatic rings. The highest BCUT2D eigenvalue weighted by molar-refractivity contribution is 7.26. The summed E-state index contributed by atoms with van der Waals surface area (Å²) in [4.78, 5) is 10.7. The summed E-state index contributed by atoms with van der Waals surface area (Å²) in [6, 6.07) is 52.1. The summed E-state index contributed by atoms with van der Waals surface area (Å²) in [6.45, 7) is 4.69. The summed E-state index contributed by atoms with van der Waals surface area (Å²) in [6.07, 6.45) is 0. The number of thiophene rings is 1. The fraction of sp³-hybridized carbons (Fsp3) is 0.0698. The van der Waals surface area contributed by atoms with Gasteiger partial charge in [0, 0.05) is 42.3 Å². The molecule has 0 spiro atoms. The molecule has 0 amide bonds. The number of aromatic nitrogens is 2. The van der Waals surface area contributed by atoms with Crippen LogP contribution in [-0.4, -0.2) is 9.97 Å². The molecule has 2 aromatic heterocycles. The molecular formula is C43H30N2S. The highest BCUT2D eigenvalue weighted by Crippen LogP contribution is 2.51. The molecule has 9 rings (SSSR count). The Kier molecular flexibility index (Phi) is 6.06. The van der Waals surface area contributed by atoms with Crippen LogP contribution in [0.1, 0.15) is 25.0 Å². The smallest absolute Gasteiger partial charge is 0.162 e. The average Bonchev–Trinajstić information content (AvgIpc) is 3.60. The summed E-state index contributed by atoms with van der Waals surface area (Å²) in [5.74, 6) is 0.746. The maximum absolute atomic E-state index is 5.33. The number of benzene rings is 6. The lowest BCUT2D eigenvalue weighted by Gasteiger charge is -2.22. The van der Waals surface area contributed by atoms with Crippen molar-refractivity contribution in [3.63, 3.8) is 0 Å². The second-order valence-electron chi connectivity index (χ2n) is 12.6. The lowest BCUT2D eigenvalue weighted by Crippen LogP contribution is -2.14. The van der Waals surface area contributed by atoms with E-state index in [1.54, 1.807) is 0 Å². The van der Waals surface area contributed by atoms with Gasteiger partial charge in [0.2, 0.25) is 0 Å². The molecule has 0 bridgehead atoms. The highest BCUT2D eigenvalue weighted by atomic mass is 32.1. The van der Waals surface area contributed by atoms with Gasteiger partial charge < -0.3 is 0 Å². The van der Waals surface area contributed by atoms with Crippen molar-refractivity contribution >= 4 is 31.5 Å². The van der Waals surface area contributed by atoms with Crippen LogP contribution < -0.4 is 0 Å². The van der Waals surface area contributed by atoms with Gasteiger partial charge in [-0.25, -0.2) is 9.97 Å². The topological polar surface area (TPSA) is 25.8 Å². The molecule has 46 heavy (non-hydrogen) atoms. The number of fused-ring (bicyclic) bond motifs is 6. The Balaban J connectivity index is 1.35. The van der Waals surface area contributed by atoms with Crippen LogP contribution in [0.4, 0.5) is 0 Å². The van der Waals surface area contributed by atoms with Gasteiger partial charge in [-0.3, -0.25) is 0 Å². The summed E-state index contributed by atoms with van der Waals surface area (Å²) < 4.78 is 2.48. The van der Waals surface area contributed by atoms with Crippen LogP contribution in [0.15, 0.2) is 146 Å². The van der Waals surface area contributed by atoms with E-state index in [0.29, 0.717) is 0 Å². The molecule has 0 unspecified atom stereocenters. The summed E-state index contributed by atoms with van der Waals surface area (Å²) in [7, 11) is 0. The van der Waals surface area contributed by atoms with Crippen LogP contribution in [0.5, 0.6) is 0 Å². The van der Waals surface area contributed by atoms with Crippen molar-refractivity contribution in [3.05, 3.63) is 157 Å². The van der Waals surface area contributed by atoms with Crippen LogP contribution in [0.2, 0.25) is 0 Å². The molecule has 6 aromatic carbocycles. The van der Waals surface area contributed by atoms with Gasteiger partial charge in [-0.15, -0.1) is 11.3 Å². The van der Waals surface area contributed by atoms with Crippen molar-refractivity contribution in [2.75, 3.05) is 0 Å². The average molecular weight is 607 g/mol. The van der Waals surface area contributed by atoms with E-state index < -0.39 is 0 Å². The van der Waals surface area contributed by atoms with E-state index >= 15 is 0 Å². The van der Waals surface area contributed by atoms with Gasteiger partial charge in [0.25, 0.3) is 0 Å². The number of hydrogen-bond donors (Lipinski definition) is 0. The van der Waals surface area contributed by atoms with Gasteiger partial charge in [0.1, 0.15) is 0 Å². The second-order valence-corrected chi connectivity index (χ2v) is 13.6. The molecular weight excluding hydrogens is 577 g/mol. The van der Waals surface area contributed by atoms with Crippen LogP contribution in [-0.2, 0) is 5.41 Å². The first kappa shape index (κ1) is 27.0. The lowest BCUT2D eigenvalue weighted by atomic mass is 9.81. The normalized spacial score (nSPS) is 13.2. The summed E-state index contributed by atoms with van der Waals surface area (Å²) in [5, 5.41) is 2.51. The first-order chi connectivity index (χ1) is 22.6. The van der Waals surface area contributed by atoms with Gasteiger partial charge in [-0.2, -0.15) is 0 Å². The minimum absolute atomic E-state index is 0.0893. The molecule has 218 valence electrons. The first-order valence-corrected chi connectivity index (χ1v) is 16.6. The molecule has 0 fully saturated rings. The fourth-order valence-electron chi connectivity index (χ4n) is 7.20. The lowest BCUT2D eigenvalue weighted by molar-refractivity contribution is 0.660. The highest BCUT2D eigenvalue weighted by Gasteiger charge is 2.35. The SMILES string of the molecule is CC1(C)c2ccccc2-c2ccc(-c3ccc4c(sc5ccccc54)c3-c3nc(-c4ccccc4)cc(-c4ccccc4)n3)cc21. The van der Waals surface area contributed by atoms with E-state index in [0.717, 1.165) is 39.5 Å². The Bertz CT molecular complexity index is 2380. The third-order valence-corrected chi connectivity index (χ3v) is 10.7. The minimum atomic E-state index is -0.0893. The third kappa shape index (κ3) is 4.16. The quantitative estimate of drug-likeness (QED) is 0.199.